The predicted octanol–water partition coefficient (Wildman–Crippen LogP) is 3.87. The van der Waals surface area contributed by atoms with Crippen LogP contribution < -0.4 is 16.1 Å². The van der Waals surface area contributed by atoms with Gasteiger partial charge in [0.05, 0.1) is 0 Å². The second-order valence-electron chi connectivity index (χ2n) is 10.2. The summed E-state index contributed by atoms with van der Waals surface area (Å²) < 4.78 is 3.47. The molecule has 0 fully saturated rings. The summed E-state index contributed by atoms with van der Waals surface area (Å²) in [7, 11) is 0. The highest BCUT2D eigenvalue weighted by atomic mass is 16.2. The standard InChI is InChI=1S/C27H37N5O3/c1-6-7-12-31-25-24(26(34)29-27(31)35)32(16-17(2)3)22(28-25)10-11-23(33)30-13-8-9-20-19(5)14-18(4)15-21(20)30/h14-15,17H,6-13,16H2,1-5H3,(H,29,34,35). The van der Waals surface area contributed by atoms with E-state index in [4.69, 9.17) is 4.98 Å². The lowest BCUT2D eigenvalue weighted by Gasteiger charge is -2.31. The number of unbranched alkanes of at least 4 members (excludes halogenated alkanes) is 1. The van der Waals surface area contributed by atoms with Crippen molar-refractivity contribution >= 4 is 22.8 Å². The van der Waals surface area contributed by atoms with Gasteiger partial charge in [0, 0.05) is 38.2 Å². The van der Waals surface area contributed by atoms with Crippen molar-refractivity contribution < 1.29 is 4.79 Å². The van der Waals surface area contributed by atoms with Crippen molar-refractivity contribution in [2.75, 3.05) is 11.4 Å². The van der Waals surface area contributed by atoms with Gasteiger partial charge in [0.1, 0.15) is 5.82 Å². The number of nitrogens with zero attached hydrogens (tertiary/aromatic N) is 4. The van der Waals surface area contributed by atoms with Gasteiger partial charge in [-0.15, -0.1) is 0 Å². The molecule has 188 valence electrons. The molecule has 0 saturated heterocycles. The Morgan fingerprint density at radius 1 is 1.17 bits per heavy atom. The van der Waals surface area contributed by atoms with Gasteiger partial charge >= 0.3 is 5.69 Å². The average Bonchev–Trinajstić information content (AvgIpc) is 3.14. The first-order valence-electron chi connectivity index (χ1n) is 12.8. The molecule has 0 aliphatic carbocycles. The number of hydrogen-bond acceptors (Lipinski definition) is 4. The fourth-order valence-electron chi connectivity index (χ4n) is 5.18. The summed E-state index contributed by atoms with van der Waals surface area (Å²) in [5.41, 5.74) is 4.68. The van der Waals surface area contributed by atoms with E-state index >= 15 is 0 Å². The second kappa shape index (κ2) is 10.2. The van der Waals surface area contributed by atoms with Gasteiger partial charge in [-0.3, -0.25) is 19.1 Å². The number of benzene rings is 1. The van der Waals surface area contributed by atoms with Crippen molar-refractivity contribution in [1.29, 1.82) is 0 Å². The molecule has 0 unspecified atom stereocenters. The van der Waals surface area contributed by atoms with E-state index in [0.717, 1.165) is 36.9 Å². The normalized spacial score (nSPS) is 13.6. The predicted molar refractivity (Wildman–Crippen MR) is 139 cm³/mol. The van der Waals surface area contributed by atoms with E-state index in [1.54, 1.807) is 4.57 Å². The molecule has 0 radical (unpaired) electrons. The zero-order valence-electron chi connectivity index (χ0n) is 21.6. The summed E-state index contributed by atoms with van der Waals surface area (Å²) in [6, 6.07) is 4.29. The van der Waals surface area contributed by atoms with Crippen LogP contribution in [0.15, 0.2) is 21.7 Å². The number of aryl methyl sites for hydroxylation is 4. The molecule has 1 aliphatic heterocycles. The van der Waals surface area contributed by atoms with Crippen LogP contribution in [0.2, 0.25) is 0 Å². The number of hydrogen-bond donors (Lipinski definition) is 1. The zero-order chi connectivity index (χ0) is 25.3. The van der Waals surface area contributed by atoms with Gasteiger partial charge in [-0.25, -0.2) is 9.78 Å². The number of H-pyrrole nitrogens is 1. The van der Waals surface area contributed by atoms with Crippen molar-refractivity contribution in [2.45, 2.75) is 86.2 Å². The fraction of sp³-hybridized carbons (Fsp3) is 0.556. The average molecular weight is 480 g/mol. The molecule has 35 heavy (non-hydrogen) atoms. The van der Waals surface area contributed by atoms with E-state index < -0.39 is 11.2 Å². The van der Waals surface area contributed by atoms with E-state index in [1.807, 2.05) is 9.47 Å². The molecule has 8 nitrogen and oxygen atoms in total. The van der Waals surface area contributed by atoms with Gasteiger partial charge in [0.2, 0.25) is 5.91 Å². The number of aromatic amines is 1. The summed E-state index contributed by atoms with van der Waals surface area (Å²) in [6.07, 6.45) is 4.40. The number of anilines is 1. The highest BCUT2D eigenvalue weighted by Crippen LogP contribution is 2.31. The number of aromatic nitrogens is 4. The molecule has 8 heteroatoms. The molecule has 1 aliphatic rings. The topological polar surface area (TPSA) is 93.0 Å². The van der Waals surface area contributed by atoms with Gasteiger partial charge in [0.25, 0.3) is 5.56 Å². The van der Waals surface area contributed by atoms with Crippen molar-refractivity contribution in [3.63, 3.8) is 0 Å². The highest BCUT2D eigenvalue weighted by Gasteiger charge is 2.25. The lowest BCUT2D eigenvalue weighted by atomic mass is 9.94. The first kappa shape index (κ1) is 24.9. The van der Waals surface area contributed by atoms with Crippen molar-refractivity contribution in [3.05, 3.63) is 55.5 Å². The first-order chi connectivity index (χ1) is 16.7. The van der Waals surface area contributed by atoms with Crippen molar-refractivity contribution in [2.24, 2.45) is 5.92 Å². The lowest BCUT2D eigenvalue weighted by Crippen LogP contribution is -2.36. The molecule has 1 amide bonds. The smallest absolute Gasteiger partial charge is 0.322 e. The third kappa shape index (κ3) is 4.97. The minimum absolute atomic E-state index is 0.0661. The molecule has 4 rings (SSSR count). The van der Waals surface area contributed by atoms with Crippen LogP contribution in [0.3, 0.4) is 0 Å². The van der Waals surface area contributed by atoms with Crippen LogP contribution >= 0.6 is 0 Å². The van der Waals surface area contributed by atoms with Gasteiger partial charge in [0.15, 0.2) is 11.2 Å². The lowest BCUT2D eigenvalue weighted by molar-refractivity contribution is -0.118. The number of carbonyl (C=O) groups is 1. The van der Waals surface area contributed by atoms with Gasteiger partial charge < -0.3 is 9.47 Å². The number of carbonyl (C=O) groups excluding carboxylic acids is 1. The van der Waals surface area contributed by atoms with E-state index in [9.17, 15) is 14.4 Å². The molecule has 2 aromatic heterocycles. The van der Waals surface area contributed by atoms with Crippen LogP contribution in [0.1, 0.15) is 69.0 Å². The number of amides is 1. The summed E-state index contributed by atoms with van der Waals surface area (Å²) in [5.74, 6) is 1.02. The number of nitrogens with one attached hydrogen (secondary N) is 1. The van der Waals surface area contributed by atoms with Crippen LogP contribution in [0.4, 0.5) is 5.69 Å². The van der Waals surface area contributed by atoms with Crippen LogP contribution in [0.25, 0.3) is 11.2 Å². The van der Waals surface area contributed by atoms with E-state index in [-0.39, 0.29) is 11.8 Å². The van der Waals surface area contributed by atoms with Crippen LogP contribution in [-0.2, 0) is 30.7 Å². The Balaban J connectivity index is 1.68. The van der Waals surface area contributed by atoms with E-state index in [0.29, 0.717) is 49.5 Å². The quantitative estimate of drug-likeness (QED) is 0.531. The minimum atomic E-state index is -0.427. The third-order valence-corrected chi connectivity index (χ3v) is 6.80. The second-order valence-corrected chi connectivity index (χ2v) is 10.2. The molecular formula is C27H37N5O3. The Hall–Kier alpha value is -3.16. The zero-order valence-corrected chi connectivity index (χ0v) is 21.6. The molecule has 1 N–H and O–H groups in total. The van der Waals surface area contributed by atoms with Gasteiger partial charge in [-0.05, 0) is 61.8 Å². The van der Waals surface area contributed by atoms with Crippen LogP contribution in [0, 0.1) is 19.8 Å². The molecule has 0 atom stereocenters. The SMILES string of the molecule is CCCCn1c(=O)[nH]c(=O)c2c1nc(CCC(=O)N1CCCc3c(C)cc(C)cc31)n2CC(C)C. The molecule has 3 aromatic rings. The Kier molecular flexibility index (Phi) is 7.28. The highest BCUT2D eigenvalue weighted by molar-refractivity contribution is 5.95. The monoisotopic (exact) mass is 479 g/mol. The number of imidazole rings is 1. The molecule has 0 bridgehead atoms. The van der Waals surface area contributed by atoms with E-state index in [1.165, 1.54) is 11.1 Å². The molecule has 0 spiro atoms. The molecular weight excluding hydrogens is 442 g/mol. The molecule has 1 aromatic carbocycles. The summed E-state index contributed by atoms with van der Waals surface area (Å²) in [6.45, 7) is 12.2. The Morgan fingerprint density at radius 2 is 1.94 bits per heavy atom. The minimum Gasteiger partial charge on any atom is -0.322 e. The maximum Gasteiger partial charge on any atom is 0.330 e. The summed E-state index contributed by atoms with van der Waals surface area (Å²) >= 11 is 0. The van der Waals surface area contributed by atoms with E-state index in [2.05, 4.69) is 51.7 Å². The number of rotatable bonds is 8. The summed E-state index contributed by atoms with van der Waals surface area (Å²) in [4.78, 5) is 47.9. The largest absolute Gasteiger partial charge is 0.330 e. The van der Waals surface area contributed by atoms with Gasteiger partial charge in [-0.1, -0.05) is 33.3 Å². The van der Waals surface area contributed by atoms with Crippen molar-refractivity contribution in [3.8, 4) is 0 Å². The van der Waals surface area contributed by atoms with Crippen molar-refractivity contribution in [1.82, 2.24) is 19.1 Å². The van der Waals surface area contributed by atoms with Crippen LogP contribution in [0.5, 0.6) is 0 Å². The number of fused-ring (bicyclic) bond motifs is 2. The van der Waals surface area contributed by atoms with Gasteiger partial charge in [-0.2, -0.15) is 0 Å². The maximum absolute atomic E-state index is 13.4. The maximum atomic E-state index is 13.4. The Bertz CT molecular complexity index is 1360. The first-order valence-corrected chi connectivity index (χ1v) is 12.8. The molecule has 3 heterocycles. The Labute approximate surface area is 206 Å². The molecule has 0 saturated carbocycles. The fourth-order valence-corrected chi connectivity index (χ4v) is 5.18. The van der Waals surface area contributed by atoms with Crippen LogP contribution in [-0.4, -0.2) is 31.6 Å². The Morgan fingerprint density at radius 3 is 2.66 bits per heavy atom. The summed E-state index contributed by atoms with van der Waals surface area (Å²) in [5, 5.41) is 0. The third-order valence-electron chi connectivity index (χ3n) is 6.80.